The van der Waals surface area contributed by atoms with Gasteiger partial charge in [-0.25, -0.2) is 4.79 Å². The summed E-state index contributed by atoms with van der Waals surface area (Å²) in [5, 5.41) is 2.65. The second kappa shape index (κ2) is 8.58. The summed E-state index contributed by atoms with van der Waals surface area (Å²) in [6, 6.07) is 18.0. The van der Waals surface area contributed by atoms with Crippen molar-refractivity contribution in [3.63, 3.8) is 0 Å². The number of nitrogens with one attached hydrogen (secondary N) is 1. The molecule has 0 saturated heterocycles. The van der Waals surface area contributed by atoms with Crippen molar-refractivity contribution in [3.8, 4) is 5.75 Å². The monoisotopic (exact) mass is 313 g/mol. The van der Waals surface area contributed by atoms with Crippen molar-refractivity contribution in [2.75, 3.05) is 11.9 Å². The summed E-state index contributed by atoms with van der Waals surface area (Å²) in [7, 11) is 0. The normalized spacial score (nSPS) is 11.3. The van der Waals surface area contributed by atoms with Gasteiger partial charge in [-0.15, -0.1) is 0 Å². The van der Waals surface area contributed by atoms with E-state index < -0.39 is 12.1 Å². The van der Waals surface area contributed by atoms with Gasteiger partial charge in [0.05, 0.1) is 0 Å². The van der Waals surface area contributed by atoms with E-state index in [9.17, 15) is 9.59 Å². The van der Waals surface area contributed by atoms with Gasteiger partial charge in [0.2, 0.25) is 0 Å². The molecule has 1 atom stereocenters. The molecule has 2 aromatic carbocycles. The highest BCUT2D eigenvalue weighted by atomic mass is 16.6. The van der Waals surface area contributed by atoms with Crippen LogP contribution in [-0.4, -0.2) is 24.6 Å². The van der Waals surface area contributed by atoms with E-state index in [1.165, 1.54) is 0 Å². The van der Waals surface area contributed by atoms with E-state index in [0.717, 1.165) is 0 Å². The first kappa shape index (κ1) is 16.5. The minimum atomic E-state index is -0.734. The molecule has 0 aliphatic carbocycles. The fourth-order valence-electron chi connectivity index (χ4n) is 1.91. The molecule has 0 bridgehead atoms. The summed E-state index contributed by atoms with van der Waals surface area (Å²) in [5.74, 6) is -0.358. The Balaban J connectivity index is 1.81. The largest absolute Gasteiger partial charge is 0.479 e. The van der Waals surface area contributed by atoms with E-state index in [-0.39, 0.29) is 12.5 Å². The first-order valence-electron chi connectivity index (χ1n) is 7.42. The van der Waals surface area contributed by atoms with Crippen LogP contribution in [0.4, 0.5) is 5.69 Å². The van der Waals surface area contributed by atoms with Crippen LogP contribution in [0.1, 0.15) is 13.3 Å². The number of anilines is 1. The van der Waals surface area contributed by atoms with Crippen LogP contribution in [0.3, 0.4) is 0 Å². The van der Waals surface area contributed by atoms with Crippen LogP contribution in [-0.2, 0) is 14.3 Å². The number of hydrogen-bond acceptors (Lipinski definition) is 4. The SMILES string of the molecule is CC[C@@H](Oc1ccccc1)C(=O)OCC(=O)Nc1ccccc1. The molecule has 1 amide bonds. The molecule has 0 aliphatic rings. The quantitative estimate of drug-likeness (QED) is 0.798. The third kappa shape index (κ3) is 5.47. The zero-order valence-electron chi connectivity index (χ0n) is 12.9. The van der Waals surface area contributed by atoms with Gasteiger partial charge in [0, 0.05) is 5.69 Å². The Hall–Kier alpha value is -2.82. The number of rotatable bonds is 7. The molecule has 0 spiro atoms. The third-order valence-electron chi connectivity index (χ3n) is 3.06. The predicted molar refractivity (Wildman–Crippen MR) is 87.2 cm³/mol. The van der Waals surface area contributed by atoms with Gasteiger partial charge in [-0.3, -0.25) is 4.79 Å². The third-order valence-corrected chi connectivity index (χ3v) is 3.06. The number of ether oxygens (including phenoxy) is 2. The van der Waals surface area contributed by atoms with E-state index in [0.29, 0.717) is 17.9 Å². The summed E-state index contributed by atoms with van der Waals surface area (Å²) in [5.41, 5.74) is 0.654. The molecule has 5 nitrogen and oxygen atoms in total. The van der Waals surface area contributed by atoms with Gasteiger partial charge in [0.15, 0.2) is 12.7 Å². The van der Waals surface area contributed by atoms with Crippen molar-refractivity contribution >= 4 is 17.6 Å². The Bertz CT molecular complexity index is 628. The number of esters is 1. The number of carbonyl (C=O) groups excluding carboxylic acids is 2. The molecule has 0 saturated carbocycles. The van der Waals surface area contributed by atoms with E-state index >= 15 is 0 Å². The summed E-state index contributed by atoms with van der Waals surface area (Å²) in [4.78, 5) is 23.8. The van der Waals surface area contributed by atoms with Gasteiger partial charge in [-0.05, 0) is 30.7 Å². The van der Waals surface area contributed by atoms with Gasteiger partial charge < -0.3 is 14.8 Å². The fraction of sp³-hybridized carbons (Fsp3) is 0.222. The van der Waals surface area contributed by atoms with E-state index in [4.69, 9.17) is 9.47 Å². The van der Waals surface area contributed by atoms with Crippen molar-refractivity contribution < 1.29 is 19.1 Å². The number of amides is 1. The highest BCUT2D eigenvalue weighted by molar-refractivity contribution is 5.93. The van der Waals surface area contributed by atoms with Crippen molar-refractivity contribution in [3.05, 3.63) is 60.7 Å². The average molecular weight is 313 g/mol. The Morgan fingerprint density at radius 2 is 1.61 bits per heavy atom. The second-order valence-electron chi connectivity index (χ2n) is 4.85. The maximum atomic E-state index is 12.0. The zero-order chi connectivity index (χ0) is 16.5. The molecule has 1 N–H and O–H groups in total. The van der Waals surface area contributed by atoms with Gasteiger partial charge in [-0.1, -0.05) is 43.3 Å². The van der Waals surface area contributed by atoms with Crippen LogP contribution in [0.5, 0.6) is 5.75 Å². The summed E-state index contributed by atoms with van der Waals surface area (Å²) in [6.07, 6.45) is -0.282. The average Bonchev–Trinajstić information content (AvgIpc) is 2.59. The number of para-hydroxylation sites is 2. The van der Waals surface area contributed by atoms with Crippen LogP contribution in [0.15, 0.2) is 60.7 Å². The molecule has 5 heteroatoms. The highest BCUT2D eigenvalue weighted by Crippen LogP contribution is 2.13. The van der Waals surface area contributed by atoms with Crippen molar-refractivity contribution in [2.45, 2.75) is 19.4 Å². The van der Waals surface area contributed by atoms with Gasteiger partial charge in [0.1, 0.15) is 5.75 Å². The van der Waals surface area contributed by atoms with Crippen LogP contribution in [0.25, 0.3) is 0 Å². The van der Waals surface area contributed by atoms with Crippen LogP contribution >= 0.6 is 0 Å². The van der Waals surface area contributed by atoms with E-state index in [1.54, 1.807) is 24.3 Å². The smallest absolute Gasteiger partial charge is 0.347 e. The van der Waals surface area contributed by atoms with Crippen molar-refractivity contribution in [2.24, 2.45) is 0 Å². The van der Waals surface area contributed by atoms with Crippen LogP contribution < -0.4 is 10.1 Å². The molecule has 120 valence electrons. The van der Waals surface area contributed by atoms with Gasteiger partial charge in [-0.2, -0.15) is 0 Å². The summed E-state index contributed by atoms with van der Waals surface area (Å²) < 4.78 is 10.6. The molecular formula is C18H19NO4. The molecule has 0 fully saturated rings. The molecule has 23 heavy (non-hydrogen) atoms. The number of hydrogen-bond donors (Lipinski definition) is 1. The maximum Gasteiger partial charge on any atom is 0.347 e. The zero-order valence-corrected chi connectivity index (χ0v) is 12.9. The minimum Gasteiger partial charge on any atom is -0.479 e. The minimum absolute atomic E-state index is 0.345. The molecule has 0 aliphatic heterocycles. The van der Waals surface area contributed by atoms with Crippen LogP contribution in [0, 0.1) is 0 Å². The van der Waals surface area contributed by atoms with Crippen molar-refractivity contribution in [1.82, 2.24) is 0 Å². The molecule has 2 rings (SSSR count). The Kier molecular flexibility index (Phi) is 6.17. The van der Waals surface area contributed by atoms with E-state index in [2.05, 4.69) is 5.32 Å². The van der Waals surface area contributed by atoms with Gasteiger partial charge in [0.25, 0.3) is 5.91 Å². The Morgan fingerprint density at radius 1 is 1.00 bits per heavy atom. The molecule has 0 unspecified atom stereocenters. The highest BCUT2D eigenvalue weighted by Gasteiger charge is 2.21. The molecule has 0 radical (unpaired) electrons. The predicted octanol–water partition coefficient (Wildman–Crippen LogP) is 3.03. The van der Waals surface area contributed by atoms with Crippen LogP contribution in [0.2, 0.25) is 0 Å². The Morgan fingerprint density at radius 3 is 2.22 bits per heavy atom. The topological polar surface area (TPSA) is 64.6 Å². The van der Waals surface area contributed by atoms with Crippen molar-refractivity contribution in [1.29, 1.82) is 0 Å². The summed E-state index contributed by atoms with van der Waals surface area (Å²) >= 11 is 0. The Labute approximate surface area is 135 Å². The number of benzene rings is 2. The molecule has 0 aromatic heterocycles. The van der Waals surface area contributed by atoms with E-state index in [1.807, 2.05) is 43.3 Å². The fourth-order valence-corrected chi connectivity index (χ4v) is 1.91. The number of carbonyl (C=O) groups is 2. The molecule has 2 aromatic rings. The lowest BCUT2D eigenvalue weighted by atomic mass is 10.2. The second-order valence-corrected chi connectivity index (χ2v) is 4.85. The standard InChI is InChI=1S/C18H19NO4/c1-2-16(23-15-11-7-4-8-12-15)18(21)22-13-17(20)19-14-9-5-3-6-10-14/h3-12,16H,2,13H2,1H3,(H,19,20)/t16-/m1/s1. The lowest BCUT2D eigenvalue weighted by molar-refractivity contribution is -0.154. The molecular weight excluding hydrogens is 294 g/mol. The maximum absolute atomic E-state index is 12.0. The first-order chi connectivity index (χ1) is 11.2. The molecule has 0 heterocycles. The lowest BCUT2D eigenvalue weighted by Gasteiger charge is -2.16. The first-order valence-corrected chi connectivity index (χ1v) is 7.42. The van der Waals surface area contributed by atoms with Gasteiger partial charge >= 0.3 is 5.97 Å². The summed E-state index contributed by atoms with van der Waals surface area (Å²) in [6.45, 7) is 1.47. The lowest BCUT2D eigenvalue weighted by Crippen LogP contribution is -2.31.